The predicted octanol–water partition coefficient (Wildman–Crippen LogP) is 3.02. The standard InChI is InChI=1S/C22H36ClN5O/c1-5-24-20(29)22(3,4)16-26-21(25-6-2)27-19-11-13-28(14-12-19)15-17-7-9-18(23)10-8-17/h7-10,19H,5-6,11-16H2,1-4H3,(H,24,29)(H2,25,26,27). The van der Waals surface area contributed by atoms with Gasteiger partial charge >= 0.3 is 0 Å². The molecule has 7 heteroatoms. The Kier molecular flexibility index (Phi) is 9.24. The third-order valence-corrected chi connectivity index (χ3v) is 5.43. The van der Waals surface area contributed by atoms with E-state index in [1.807, 2.05) is 32.9 Å². The third kappa shape index (κ3) is 7.86. The molecule has 1 heterocycles. The van der Waals surface area contributed by atoms with Gasteiger partial charge in [0.2, 0.25) is 5.91 Å². The first-order valence-electron chi connectivity index (χ1n) is 10.6. The molecule has 1 aromatic rings. The van der Waals surface area contributed by atoms with Gasteiger partial charge in [0, 0.05) is 43.8 Å². The molecule has 0 unspecified atom stereocenters. The van der Waals surface area contributed by atoms with Crippen molar-refractivity contribution in [1.29, 1.82) is 0 Å². The first-order chi connectivity index (χ1) is 13.8. The number of amides is 1. The number of piperidine rings is 1. The molecule has 6 nitrogen and oxygen atoms in total. The smallest absolute Gasteiger partial charge is 0.227 e. The molecule has 1 aliphatic heterocycles. The van der Waals surface area contributed by atoms with Crippen LogP contribution >= 0.6 is 11.6 Å². The number of halogens is 1. The number of likely N-dealkylation sites (tertiary alicyclic amines) is 1. The minimum atomic E-state index is -0.527. The number of aliphatic imine (C=N–C) groups is 1. The normalized spacial score (nSPS) is 16.5. The first-order valence-corrected chi connectivity index (χ1v) is 11.0. The van der Waals surface area contributed by atoms with Crippen molar-refractivity contribution < 1.29 is 4.79 Å². The highest BCUT2D eigenvalue weighted by Gasteiger charge is 2.27. The quantitative estimate of drug-likeness (QED) is 0.445. The van der Waals surface area contributed by atoms with Crippen molar-refractivity contribution in [1.82, 2.24) is 20.9 Å². The number of guanidine groups is 1. The maximum Gasteiger partial charge on any atom is 0.227 e. The van der Waals surface area contributed by atoms with Crippen molar-refractivity contribution in [2.24, 2.45) is 10.4 Å². The Morgan fingerprint density at radius 3 is 2.34 bits per heavy atom. The second kappa shape index (κ2) is 11.4. The van der Waals surface area contributed by atoms with Crippen LogP contribution in [-0.4, -0.2) is 55.5 Å². The highest BCUT2D eigenvalue weighted by molar-refractivity contribution is 6.30. The van der Waals surface area contributed by atoms with Crippen molar-refractivity contribution >= 4 is 23.5 Å². The summed E-state index contributed by atoms with van der Waals surface area (Å²) >= 11 is 5.97. The van der Waals surface area contributed by atoms with Crippen LogP contribution in [0.5, 0.6) is 0 Å². The summed E-state index contributed by atoms with van der Waals surface area (Å²) in [4.78, 5) is 19.4. The van der Waals surface area contributed by atoms with Crippen LogP contribution in [0.2, 0.25) is 5.02 Å². The second-order valence-corrected chi connectivity index (χ2v) is 8.70. The lowest BCUT2D eigenvalue weighted by Gasteiger charge is -2.33. The monoisotopic (exact) mass is 421 g/mol. The highest BCUT2D eigenvalue weighted by Crippen LogP contribution is 2.17. The largest absolute Gasteiger partial charge is 0.357 e. The summed E-state index contributed by atoms with van der Waals surface area (Å²) < 4.78 is 0. The van der Waals surface area contributed by atoms with Crippen molar-refractivity contribution in [3.63, 3.8) is 0 Å². The van der Waals surface area contributed by atoms with E-state index < -0.39 is 5.41 Å². The molecular formula is C22H36ClN5O. The topological polar surface area (TPSA) is 68.8 Å². The molecule has 1 saturated heterocycles. The molecule has 0 radical (unpaired) electrons. The SMILES string of the molecule is CCNC(=O)C(C)(C)CN=C(NCC)NC1CCN(Cc2ccc(Cl)cc2)CC1. The van der Waals surface area contributed by atoms with Gasteiger partial charge in [-0.2, -0.15) is 0 Å². The van der Waals surface area contributed by atoms with Gasteiger partial charge < -0.3 is 16.0 Å². The van der Waals surface area contributed by atoms with Crippen LogP contribution in [0, 0.1) is 5.41 Å². The van der Waals surface area contributed by atoms with E-state index in [4.69, 9.17) is 11.6 Å². The summed E-state index contributed by atoms with van der Waals surface area (Å²) in [7, 11) is 0. The molecule has 0 aliphatic carbocycles. The average Bonchev–Trinajstić information content (AvgIpc) is 2.70. The summed E-state index contributed by atoms with van der Waals surface area (Å²) in [6.45, 7) is 12.8. The maximum absolute atomic E-state index is 12.2. The van der Waals surface area contributed by atoms with Crippen molar-refractivity contribution in [2.45, 2.75) is 53.1 Å². The van der Waals surface area contributed by atoms with Crippen molar-refractivity contribution in [3.8, 4) is 0 Å². The average molecular weight is 422 g/mol. The number of benzene rings is 1. The second-order valence-electron chi connectivity index (χ2n) is 8.26. The minimum absolute atomic E-state index is 0.0371. The van der Waals surface area contributed by atoms with Crippen molar-refractivity contribution in [3.05, 3.63) is 34.9 Å². The molecule has 2 rings (SSSR count). The maximum atomic E-state index is 12.2. The zero-order valence-corrected chi connectivity index (χ0v) is 19.0. The summed E-state index contributed by atoms with van der Waals surface area (Å²) in [5.41, 5.74) is 0.767. The molecule has 0 atom stereocenters. The molecular weight excluding hydrogens is 386 g/mol. The summed E-state index contributed by atoms with van der Waals surface area (Å²) in [5, 5.41) is 10.5. The summed E-state index contributed by atoms with van der Waals surface area (Å²) in [6, 6.07) is 8.49. The number of carbonyl (C=O) groups is 1. The molecule has 1 aliphatic rings. The fraction of sp³-hybridized carbons (Fsp3) is 0.636. The van der Waals surface area contributed by atoms with Crippen molar-refractivity contribution in [2.75, 3.05) is 32.7 Å². The van der Waals surface area contributed by atoms with E-state index in [1.165, 1.54) is 5.56 Å². The van der Waals surface area contributed by atoms with Crippen LogP contribution in [0.1, 0.15) is 46.1 Å². The Balaban J connectivity index is 1.85. The van der Waals surface area contributed by atoms with E-state index in [-0.39, 0.29) is 5.91 Å². The Labute approximate surface area is 180 Å². The van der Waals surface area contributed by atoms with E-state index in [9.17, 15) is 4.79 Å². The number of nitrogens with zero attached hydrogens (tertiary/aromatic N) is 2. The summed E-state index contributed by atoms with van der Waals surface area (Å²) in [6.07, 6.45) is 2.13. The van der Waals surface area contributed by atoms with E-state index >= 15 is 0 Å². The van der Waals surface area contributed by atoms with Gasteiger partial charge in [-0.25, -0.2) is 0 Å². The van der Waals surface area contributed by atoms with E-state index in [2.05, 4.69) is 44.9 Å². The van der Waals surface area contributed by atoms with Gasteiger partial charge in [0.25, 0.3) is 0 Å². The molecule has 0 spiro atoms. The number of rotatable bonds is 8. The Morgan fingerprint density at radius 1 is 1.14 bits per heavy atom. The number of hydrogen-bond acceptors (Lipinski definition) is 3. The zero-order chi connectivity index (χ0) is 21.3. The van der Waals surface area contributed by atoms with Gasteiger partial charge in [-0.05, 0) is 58.2 Å². The van der Waals surface area contributed by atoms with E-state index in [1.54, 1.807) is 0 Å². The van der Waals surface area contributed by atoms with Gasteiger partial charge in [0.05, 0.1) is 12.0 Å². The minimum Gasteiger partial charge on any atom is -0.357 e. The molecule has 3 N–H and O–H groups in total. The molecule has 1 fully saturated rings. The predicted molar refractivity (Wildman–Crippen MR) is 121 cm³/mol. The lowest BCUT2D eigenvalue weighted by atomic mass is 9.92. The van der Waals surface area contributed by atoms with Gasteiger partial charge in [-0.1, -0.05) is 23.7 Å². The lowest BCUT2D eigenvalue weighted by molar-refractivity contribution is -0.128. The summed E-state index contributed by atoms with van der Waals surface area (Å²) in [5.74, 6) is 0.830. The number of hydrogen-bond donors (Lipinski definition) is 3. The van der Waals surface area contributed by atoms with Crippen LogP contribution < -0.4 is 16.0 Å². The third-order valence-electron chi connectivity index (χ3n) is 5.18. The van der Waals surface area contributed by atoms with Gasteiger partial charge in [0.1, 0.15) is 0 Å². The Hall–Kier alpha value is -1.79. The van der Waals surface area contributed by atoms with Gasteiger partial charge in [-0.15, -0.1) is 0 Å². The molecule has 1 aromatic carbocycles. The fourth-order valence-corrected chi connectivity index (χ4v) is 3.47. The molecule has 162 valence electrons. The number of nitrogens with one attached hydrogen (secondary N) is 3. The van der Waals surface area contributed by atoms with Gasteiger partial charge in [0.15, 0.2) is 5.96 Å². The molecule has 0 bridgehead atoms. The number of carbonyl (C=O) groups excluding carboxylic acids is 1. The Morgan fingerprint density at radius 2 is 1.76 bits per heavy atom. The van der Waals surface area contributed by atoms with Crippen LogP contribution in [0.25, 0.3) is 0 Å². The van der Waals surface area contributed by atoms with Crippen LogP contribution in [0.15, 0.2) is 29.3 Å². The Bertz CT molecular complexity index is 666. The molecule has 0 aromatic heterocycles. The van der Waals surface area contributed by atoms with Crippen LogP contribution in [0.3, 0.4) is 0 Å². The molecule has 0 saturated carbocycles. The highest BCUT2D eigenvalue weighted by atomic mass is 35.5. The fourth-order valence-electron chi connectivity index (χ4n) is 3.35. The van der Waals surface area contributed by atoms with E-state index in [0.717, 1.165) is 50.0 Å². The molecule has 1 amide bonds. The molecule has 29 heavy (non-hydrogen) atoms. The zero-order valence-electron chi connectivity index (χ0n) is 18.2. The van der Waals surface area contributed by atoms with Gasteiger partial charge in [-0.3, -0.25) is 14.7 Å². The van der Waals surface area contributed by atoms with Crippen LogP contribution in [0.4, 0.5) is 0 Å². The lowest BCUT2D eigenvalue weighted by Crippen LogP contribution is -2.49. The van der Waals surface area contributed by atoms with E-state index in [0.29, 0.717) is 19.1 Å². The first kappa shape index (κ1) is 23.5. The van der Waals surface area contributed by atoms with Crippen LogP contribution in [-0.2, 0) is 11.3 Å².